The van der Waals surface area contributed by atoms with Gasteiger partial charge in [0, 0.05) is 25.3 Å². The predicted octanol–water partition coefficient (Wildman–Crippen LogP) is 2.00. The molecule has 0 fully saturated rings. The average Bonchev–Trinajstić information content (AvgIpc) is 2.59. The van der Waals surface area contributed by atoms with Gasteiger partial charge in [0.1, 0.15) is 11.2 Å². The van der Waals surface area contributed by atoms with Gasteiger partial charge in [0.05, 0.1) is 12.7 Å². The number of nitrogens with two attached hydrogens (primary N) is 1. The molecule has 0 radical (unpaired) electrons. The fourth-order valence-electron chi connectivity index (χ4n) is 2.20. The van der Waals surface area contributed by atoms with Crippen LogP contribution in [0.5, 0.6) is 0 Å². The number of nitrogens with zero attached hydrogens (tertiary/aromatic N) is 2. The van der Waals surface area contributed by atoms with Crippen molar-refractivity contribution in [1.82, 2.24) is 4.90 Å². The fraction of sp³-hybridized carbons (Fsp3) is 0.176. The van der Waals surface area contributed by atoms with Gasteiger partial charge in [-0.25, -0.2) is 4.79 Å². The summed E-state index contributed by atoms with van der Waals surface area (Å²) in [7, 11) is 0.428. The van der Waals surface area contributed by atoms with E-state index in [0.717, 1.165) is 0 Å². The zero-order valence-corrected chi connectivity index (χ0v) is 14.9. The molecule has 8 heteroatoms. The molecule has 0 saturated carbocycles. The van der Waals surface area contributed by atoms with Crippen LogP contribution in [0.3, 0.4) is 0 Å². The topological polar surface area (TPSA) is 102 Å². The van der Waals surface area contributed by atoms with Crippen molar-refractivity contribution < 1.29 is 17.9 Å². The molecule has 0 atom stereocenters. The van der Waals surface area contributed by atoms with E-state index in [1.807, 2.05) is 0 Å². The third-order valence-corrected chi connectivity index (χ3v) is 4.56. The molecular weight excluding hydrogens is 342 g/mol. The number of benzene rings is 2. The van der Waals surface area contributed by atoms with Crippen LogP contribution in [-0.2, 0) is 14.8 Å². The number of rotatable bonds is 5. The third-order valence-electron chi connectivity index (χ3n) is 3.31. The summed E-state index contributed by atoms with van der Waals surface area (Å²) in [6.07, 6.45) is 1.17. The van der Waals surface area contributed by atoms with Crippen LogP contribution >= 0.6 is 0 Å². The molecule has 7 nitrogen and oxygen atoms in total. The zero-order chi connectivity index (χ0) is 18.6. The molecule has 0 aliphatic rings. The van der Waals surface area contributed by atoms with Crippen LogP contribution in [-0.4, -0.2) is 46.8 Å². The van der Waals surface area contributed by atoms with E-state index in [1.54, 1.807) is 44.4 Å². The quantitative estimate of drug-likeness (QED) is 0.378. The van der Waals surface area contributed by atoms with Crippen LogP contribution in [0.25, 0.3) is 11.1 Å². The van der Waals surface area contributed by atoms with E-state index < -0.39 is 16.0 Å². The van der Waals surface area contributed by atoms with E-state index in [1.165, 1.54) is 30.5 Å². The van der Waals surface area contributed by atoms with Crippen molar-refractivity contribution >= 4 is 28.0 Å². The molecule has 0 amide bonds. The van der Waals surface area contributed by atoms with Gasteiger partial charge in [0.25, 0.3) is 10.0 Å². The lowest BCUT2D eigenvalue weighted by Gasteiger charge is -2.13. The number of carbonyl (C=O) groups is 1. The molecule has 25 heavy (non-hydrogen) atoms. The van der Waals surface area contributed by atoms with Gasteiger partial charge in [0.15, 0.2) is 0 Å². The molecule has 2 aromatic carbocycles. The first kappa shape index (κ1) is 18.5. The second-order valence-corrected chi connectivity index (χ2v) is 7.06. The monoisotopic (exact) mass is 361 g/mol. The first-order chi connectivity index (χ1) is 11.8. The summed E-state index contributed by atoms with van der Waals surface area (Å²) in [5.41, 5.74) is 7.15. The lowest BCUT2D eigenvalue weighted by atomic mass is 10.0. The van der Waals surface area contributed by atoms with E-state index in [0.29, 0.717) is 11.1 Å². The van der Waals surface area contributed by atoms with Crippen LogP contribution in [0.2, 0.25) is 0 Å². The Morgan fingerprint density at radius 3 is 2.40 bits per heavy atom. The normalized spacial score (nSPS) is 11.5. The minimum absolute atomic E-state index is 0.0401. The second kappa shape index (κ2) is 7.35. The van der Waals surface area contributed by atoms with Crippen LogP contribution < -0.4 is 5.73 Å². The van der Waals surface area contributed by atoms with Crippen molar-refractivity contribution in [3.8, 4) is 11.1 Å². The smallest absolute Gasteiger partial charge is 0.337 e. The van der Waals surface area contributed by atoms with Crippen molar-refractivity contribution in [2.75, 3.05) is 26.9 Å². The number of nitrogen functional groups attached to an aromatic ring is 1. The van der Waals surface area contributed by atoms with Gasteiger partial charge in [0.2, 0.25) is 0 Å². The molecular formula is C17H19N3O4S. The van der Waals surface area contributed by atoms with Crippen LogP contribution in [0.4, 0.5) is 5.69 Å². The lowest BCUT2D eigenvalue weighted by Crippen LogP contribution is -2.12. The summed E-state index contributed by atoms with van der Waals surface area (Å²) >= 11 is 0. The number of carbonyl (C=O) groups excluding carboxylic acids is 1. The Kier molecular flexibility index (Phi) is 5.43. The SMILES string of the molecule is COC(=O)c1cc(N)c(-c2ccccc2)c(S(=O)(=O)N=CN(C)C)c1. The van der Waals surface area contributed by atoms with Crippen LogP contribution in [0.1, 0.15) is 10.4 Å². The van der Waals surface area contributed by atoms with Gasteiger partial charge >= 0.3 is 5.97 Å². The summed E-state index contributed by atoms with van der Waals surface area (Å²) < 4.78 is 33.7. The maximum absolute atomic E-state index is 12.7. The summed E-state index contributed by atoms with van der Waals surface area (Å²) in [6.45, 7) is 0. The Morgan fingerprint density at radius 2 is 1.84 bits per heavy atom. The van der Waals surface area contributed by atoms with Gasteiger partial charge in [-0.05, 0) is 17.7 Å². The number of sulfonamides is 1. The summed E-state index contributed by atoms with van der Waals surface area (Å²) in [5, 5.41) is 0. The second-order valence-electron chi connectivity index (χ2n) is 5.46. The average molecular weight is 361 g/mol. The number of esters is 1. The molecule has 0 unspecified atom stereocenters. The van der Waals surface area contributed by atoms with Crippen molar-refractivity contribution in [3.63, 3.8) is 0 Å². The highest BCUT2D eigenvalue weighted by Crippen LogP contribution is 2.35. The van der Waals surface area contributed by atoms with Crippen LogP contribution in [0, 0.1) is 0 Å². The Bertz CT molecular complexity index is 907. The first-order valence-corrected chi connectivity index (χ1v) is 8.74. The molecule has 2 N–H and O–H groups in total. The molecule has 2 aromatic rings. The lowest BCUT2D eigenvalue weighted by molar-refractivity contribution is 0.0600. The van der Waals surface area contributed by atoms with Gasteiger partial charge in [-0.3, -0.25) is 0 Å². The number of hydrogen-bond acceptors (Lipinski definition) is 5. The highest BCUT2D eigenvalue weighted by Gasteiger charge is 2.24. The Balaban J connectivity index is 2.78. The number of ether oxygens (including phenoxy) is 1. The van der Waals surface area contributed by atoms with E-state index in [9.17, 15) is 13.2 Å². The van der Waals surface area contributed by atoms with E-state index >= 15 is 0 Å². The number of hydrogen-bond donors (Lipinski definition) is 1. The molecule has 2 rings (SSSR count). The van der Waals surface area contributed by atoms with Crippen molar-refractivity contribution in [2.24, 2.45) is 4.40 Å². The maximum atomic E-state index is 12.7. The summed E-state index contributed by atoms with van der Waals surface area (Å²) in [6, 6.07) is 11.4. The Morgan fingerprint density at radius 1 is 1.20 bits per heavy atom. The van der Waals surface area contributed by atoms with Crippen LogP contribution in [0.15, 0.2) is 51.8 Å². The van der Waals surface area contributed by atoms with Gasteiger partial charge in [-0.15, -0.1) is 4.40 Å². The molecule has 0 spiro atoms. The van der Waals surface area contributed by atoms with Gasteiger partial charge in [-0.1, -0.05) is 30.3 Å². The van der Waals surface area contributed by atoms with Gasteiger partial charge in [-0.2, -0.15) is 8.42 Å². The van der Waals surface area contributed by atoms with Gasteiger partial charge < -0.3 is 15.4 Å². The fourth-order valence-corrected chi connectivity index (χ4v) is 3.40. The first-order valence-electron chi connectivity index (χ1n) is 7.30. The summed E-state index contributed by atoms with van der Waals surface area (Å²) in [5.74, 6) is -0.681. The molecule has 0 aliphatic carbocycles. The largest absolute Gasteiger partial charge is 0.465 e. The molecule has 0 aromatic heterocycles. The molecule has 0 aliphatic heterocycles. The van der Waals surface area contributed by atoms with Crippen molar-refractivity contribution in [2.45, 2.75) is 4.90 Å². The Labute approximate surface area is 146 Å². The van der Waals surface area contributed by atoms with Crippen molar-refractivity contribution in [3.05, 3.63) is 48.0 Å². The Hall–Kier alpha value is -2.87. The standard InChI is InChI=1S/C17H19N3O4S/c1-20(2)11-19-25(22,23)15-10-13(17(21)24-3)9-14(18)16(15)12-7-5-4-6-8-12/h4-11H,18H2,1-3H3. The number of methoxy groups -OCH3 is 1. The molecule has 0 heterocycles. The maximum Gasteiger partial charge on any atom is 0.337 e. The number of anilines is 1. The van der Waals surface area contributed by atoms with Crippen molar-refractivity contribution in [1.29, 1.82) is 0 Å². The zero-order valence-electron chi connectivity index (χ0n) is 14.1. The highest BCUT2D eigenvalue weighted by molar-refractivity contribution is 7.90. The predicted molar refractivity (Wildman–Crippen MR) is 97.0 cm³/mol. The minimum Gasteiger partial charge on any atom is -0.465 e. The van der Waals surface area contributed by atoms with E-state index in [4.69, 9.17) is 5.73 Å². The molecule has 0 saturated heterocycles. The third kappa shape index (κ3) is 4.16. The molecule has 132 valence electrons. The highest BCUT2D eigenvalue weighted by atomic mass is 32.2. The van der Waals surface area contributed by atoms with E-state index in [2.05, 4.69) is 9.13 Å². The summed E-state index contributed by atoms with van der Waals surface area (Å²) in [4.78, 5) is 13.2. The minimum atomic E-state index is -4.08. The molecule has 0 bridgehead atoms. The van der Waals surface area contributed by atoms with E-state index in [-0.39, 0.29) is 16.1 Å².